The zero-order valence-electron chi connectivity index (χ0n) is 21.7. The maximum atomic E-state index is 12.8. The van der Waals surface area contributed by atoms with Gasteiger partial charge in [0.05, 0.1) is 18.2 Å². The molecule has 0 atom stereocenters. The maximum Gasteiger partial charge on any atom is 0.347 e. The molecule has 0 heterocycles. The number of methoxy groups -OCH3 is 1. The molecular weight excluding hydrogens is 587 g/mol. The third-order valence-electron chi connectivity index (χ3n) is 5.67. The van der Waals surface area contributed by atoms with Crippen LogP contribution in [0.2, 0.25) is 10.0 Å². The average molecular weight is 607 g/mol. The number of carbonyl (C=O) groups is 3. The molecule has 2 N–H and O–H groups in total. The van der Waals surface area contributed by atoms with Crippen molar-refractivity contribution in [3.05, 3.63) is 127 Å². The molecule has 4 aromatic carbocycles. The highest BCUT2D eigenvalue weighted by atomic mass is 35.5. The van der Waals surface area contributed by atoms with Gasteiger partial charge in [-0.2, -0.15) is 5.10 Å². The molecule has 0 aliphatic carbocycles. The van der Waals surface area contributed by atoms with Crippen molar-refractivity contribution in [2.75, 3.05) is 12.4 Å². The van der Waals surface area contributed by atoms with E-state index in [1.54, 1.807) is 24.3 Å². The third-order valence-corrected chi connectivity index (χ3v) is 6.16. The summed E-state index contributed by atoms with van der Waals surface area (Å²) < 4.78 is 10.6. The number of carbonyl (C=O) groups excluding carboxylic acids is 3. The summed E-state index contributed by atoms with van der Waals surface area (Å²) in [5.41, 5.74) is 3.17. The highest BCUT2D eigenvalue weighted by Crippen LogP contribution is 2.27. The summed E-state index contributed by atoms with van der Waals surface area (Å²) in [7, 11) is 1.37. The Labute approximate surface area is 248 Å². The van der Waals surface area contributed by atoms with Crippen LogP contribution >= 0.6 is 23.2 Å². The number of anilines is 1. The smallest absolute Gasteiger partial charge is 0.347 e. The summed E-state index contributed by atoms with van der Waals surface area (Å²) >= 11 is 11.8. The SMILES string of the molecule is COc1ccc(Cl)cc1C(=O)Oc1ccc([N+](=O)[O-])cc1/C=N/NC(=O)c1ccc(NC(=O)c2ccc(Cl)cc2)cc1. The lowest BCUT2D eigenvalue weighted by molar-refractivity contribution is -0.384. The Morgan fingerprint density at radius 3 is 2.12 bits per heavy atom. The lowest BCUT2D eigenvalue weighted by atomic mass is 10.1. The average Bonchev–Trinajstić information content (AvgIpc) is 2.98. The van der Waals surface area contributed by atoms with Crippen LogP contribution in [-0.2, 0) is 0 Å². The largest absolute Gasteiger partial charge is 0.496 e. The van der Waals surface area contributed by atoms with Crippen LogP contribution in [0.1, 0.15) is 36.6 Å². The van der Waals surface area contributed by atoms with Crippen molar-refractivity contribution in [3.63, 3.8) is 0 Å². The molecule has 42 heavy (non-hydrogen) atoms. The molecule has 0 bridgehead atoms. The van der Waals surface area contributed by atoms with Crippen molar-refractivity contribution in [3.8, 4) is 11.5 Å². The van der Waals surface area contributed by atoms with Crippen molar-refractivity contribution in [2.24, 2.45) is 5.10 Å². The molecule has 0 aliphatic rings. The van der Waals surface area contributed by atoms with E-state index >= 15 is 0 Å². The van der Waals surface area contributed by atoms with Gasteiger partial charge in [-0.15, -0.1) is 0 Å². The standard InChI is InChI=1S/C29H20Cl2N4O7/c1-41-26-12-8-21(31)15-24(26)29(38)42-25-13-11-23(35(39)40)14-19(25)16-32-34-28(37)18-4-9-22(10-5-18)33-27(36)17-2-6-20(30)7-3-17/h2-16H,1H3,(H,33,36)(H,34,37)/b32-16+. The van der Waals surface area contributed by atoms with E-state index in [0.29, 0.717) is 16.3 Å². The van der Waals surface area contributed by atoms with Crippen LogP contribution in [-0.4, -0.2) is 36.0 Å². The van der Waals surface area contributed by atoms with Crippen LogP contribution < -0.4 is 20.2 Å². The first kappa shape index (κ1) is 29.7. The van der Waals surface area contributed by atoms with Crippen LogP contribution in [0, 0.1) is 10.1 Å². The minimum Gasteiger partial charge on any atom is -0.496 e. The number of hydrogen-bond acceptors (Lipinski definition) is 8. The highest BCUT2D eigenvalue weighted by molar-refractivity contribution is 6.31. The Hall–Kier alpha value is -5.26. The van der Waals surface area contributed by atoms with Crippen molar-refractivity contribution in [2.45, 2.75) is 0 Å². The Morgan fingerprint density at radius 2 is 1.45 bits per heavy atom. The van der Waals surface area contributed by atoms with E-state index < -0.39 is 16.8 Å². The minimum absolute atomic E-state index is 0.0346. The monoisotopic (exact) mass is 606 g/mol. The number of halogens is 2. The number of hydrazone groups is 1. The molecule has 13 heteroatoms. The number of benzene rings is 4. The van der Waals surface area contributed by atoms with Gasteiger partial charge in [0.1, 0.15) is 17.1 Å². The lowest BCUT2D eigenvalue weighted by Gasteiger charge is -2.10. The summed E-state index contributed by atoms with van der Waals surface area (Å²) in [4.78, 5) is 48.5. The van der Waals surface area contributed by atoms with Crippen LogP contribution in [0.25, 0.3) is 0 Å². The van der Waals surface area contributed by atoms with Gasteiger partial charge in [0.15, 0.2) is 0 Å². The van der Waals surface area contributed by atoms with Gasteiger partial charge in [0, 0.05) is 44.6 Å². The number of nitrogens with one attached hydrogen (secondary N) is 2. The quantitative estimate of drug-likeness (QED) is 0.0763. The molecule has 0 radical (unpaired) electrons. The zero-order valence-corrected chi connectivity index (χ0v) is 23.2. The fraction of sp³-hybridized carbons (Fsp3) is 0.0345. The number of nitro groups is 1. The molecule has 0 saturated carbocycles. The van der Waals surface area contributed by atoms with Crippen LogP contribution in [0.4, 0.5) is 11.4 Å². The highest BCUT2D eigenvalue weighted by Gasteiger charge is 2.19. The molecule has 11 nitrogen and oxygen atoms in total. The molecule has 0 saturated heterocycles. The van der Waals surface area contributed by atoms with Crippen LogP contribution in [0.5, 0.6) is 11.5 Å². The molecule has 0 aliphatic heterocycles. The lowest BCUT2D eigenvalue weighted by Crippen LogP contribution is -2.18. The molecule has 4 rings (SSSR count). The number of rotatable bonds is 9. The summed E-state index contributed by atoms with van der Waals surface area (Å²) in [6.07, 6.45) is 1.10. The van der Waals surface area contributed by atoms with E-state index in [0.717, 1.165) is 18.3 Å². The summed E-state index contributed by atoms with van der Waals surface area (Å²) in [6, 6.07) is 20.3. The first-order valence-electron chi connectivity index (χ1n) is 12.0. The topological polar surface area (TPSA) is 149 Å². The Morgan fingerprint density at radius 1 is 0.833 bits per heavy atom. The molecule has 212 valence electrons. The summed E-state index contributed by atoms with van der Waals surface area (Å²) in [5, 5.41) is 18.7. The number of ether oxygens (including phenoxy) is 2. The van der Waals surface area contributed by atoms with Gasteiger partial charge in [-0.25, -0.2) is 10.2 Å². The predicted molar refractivity (Wildman–Crippen MR) is 157 cm³/mol. The van der Waals surface area contributed by atoms with Crippen molar-refractivity contribution in [1.82, 2.24) is 5.43 Å². The van der Waals surface area contributed by atoms with Gasteiger partial charge in [-0.1, -0.05) is 23.2 Å². The number of hydrogen-bond donors (Lipinski definition) is 2. The third kappa shape index (κ3) is 7.47. The normalized spacial score (nSPS) is 10.6. The van der Waals surface area contributed by atoms with E-state index in [-0.39, 0.29) is 44.8 Å². The number of non-ortho nitro benzene ring substituents is 1. The van der Waals surface area contributed by atoms with Crippen LogP contribution in [0.15, 0.2) is 90.0 Å². The fourth-order valence-electron chi connectivity index (χ4n) is 3.57. The molecule has 0 unspecified atom stereocenters. The van der Waals surface area contributed by atoms with E-state index in [4.69, 9.17) is 32.7 Å². The number of nitrogens with zero attached hydrogens (tertiary/aromatic N) is 2. The predicted octanol–water partition coefficient (Wildman–Crippen LogP) is 6.15. The van der Waals surface area contributed by atoms with Gasteiger partial charge in [0.2, 0.25) is 0 Å². The van der Waals surface area contributed by atoms with E-state index in [1.807, 2.05) is 0 Å². The second kappa shape index (κ2) is 13.4. The second-order valence-corrected chi connectivity index (χ2v) is 9.32. The van der Waals surface area contributed by atoms with Gasteiger partial charge >= 0.3 is 5.97 Å². The molecule has 4 aromatic rings. The molecular formula is C29H20Cl2N4O7. The molecule has 0 spiro atoms. The fourth-order valence-corrected chi connectivity index (χ4v) is 3.87. The first-order valence-corrected chi connectivity index (χ1v) is 12.7. The van der Waals surface area contributed by atoms with E-state index in [2.05, 4.69) is 15.8 Å². The van der Waals surface area contributed by atoms with Gasteiger partial charge in [-0.3, -0.25) is 19.7 Å². The zero-order chi connectivity index (χ0) is 30.2. The Kier molecular flexibility index (Phi) is 9.48. The Bertz CT molecular complexity index is 1690. The number of nitro benzene ring substituents is 1. The molecule has 2 amide bonds. The van der Waals surface area contributed by atoms with E-state index in [9.17, 15) is 24.5 Å². The van der Waals surface area contributed by atoms with Gasteiger partial charge in [0.25, 0.3) is 17.5 Å². The van der Waals surface area contributed by atoms with Crippen molar-refractivity contribution in [1.29, 1.82) is 0 Å². The number of amides is 2. The van der Waals surface area contributed by atoms with E-state index in [1.165, 1.54) is 55.6 Å². The van der Waals surface area contributed by atoms with Crippen molar-refractivity contribution < 1.29 is 28.8 Å². The van der Waals surface area contributed by atoms with Gasteiger partial charge in [-0.05, 0) is 72.8 Å². The molecule has 0 aromatic heterocycles. The van der Waals surface area contributed by atoms with Gasteiger partial charge < -0.3 is 14.8 Å². The minimum atomic E-state index is -0.829. The maximum absolute atomic E-state index is 12.8. The number of esters is 1. The summed E-state index contributed by atoms with van der Waals surface area (Å²) in [6.45, 7) is 0. The van der Waals surface area contributed by atoms with Crippen molar-refractivity contribution >= 4 is 58.6 Å². The Balaban J connectivity index is 1.45. The first-order chi connectivity index (χ1) is 20.1. The second-order valence-electron chi connectivity index (χ2n) is 8.45. The molecule has 0 fully saturated rings. The summed E-state index contributed by atoms with van der Waals surface area (Å²) in [5.74, 6) is -1.63. The van der Waals surface area contributed by atoms with Crippen LogP contribution in [0.3, 0.4) is 0 Å².